The number of hydrogen-bond acceptors (Lipinski definition) is 3. The molecule has 66 valence electrons. The molecule has 0 saturated carbocycles. The lowest BCUT2D eigenvalue weighted by Crippen LogP contribution is -2.25. The lowest BCUT2D eigenvalue weighted by atomic mass is 10.4. The summed E-state index contributed by atoms with van der Waals surface area (Å²) in [5.74, 6) is 0.852. The lowest BCUT2D eigenvalue weighted by Gasteiger charge is -2.18. The lowest BCUT2D eigenvalue weighted by molar-refractivity contribution is 0.827. The summed E-state index contributed by atoms with van der Waals surface area (Å²) in [7, 11) is 1.95. The average molecular weight is 186 g/mol. The third-order valence-corrected chi connectivity index (χ3v) is 1.61. The van der Waals surface area contributed by atoms with Gasteiger partial charge in [-0.25, -0.2) is 0 Å². The Kier molecular flexibility index (Phi) is 3.29. The highest BCUT2D eigenvalue weighted by Crippen LogP contribution is 2.07. The second-order valence-corrected chi connectivity index (χ2v) is 3.49. The second kappa shape index (κ2) is 4.26. The van der Waals surface area contributed by atoms with Crippen molar-refractivity contribution in [1.82, 2.24) is 10.2 Å². The normalized spacial score (nSPS) is 12.6. The summed E-state index contributed by atoms with van der Waals surface area (Å²) < 4.78 is 0. The van der Waals surface area contributed by atoms with E-state index < -0.39 is 0 Å². The van der Waals surface area contributed by atoms with Crippen LogP contribution in [0.3, 0.4) is 0 Å². The molecule has 4 heteroatoms. The molecule has 1 atom stereocenters. The Morgan fingerprint density at radius 1 is 1.67 bits per heavy atom. The molecule has 3 nitrogen and oxygen atoms in total. The van der Waals surface area contributed by atoms with Crippen LogP contribution in [0.1, 0.15) is 6.92 Å². The Labute approximate surface area is 77.4 Å². The van der Waals surface area contributed by atoms with Gasteiger partial charge in [-0.15, -0.1) is 16.7 Å². The molecule has 1 rings (SSSR count). The predicted molar refractivity (Wildman–Crippen MR) is 50.6 cm³/mol. The molecule has 1 aromatic rings. The van der Waals surface area contributed by atoms with Crippen LogP contribution in [-0.4, -0.2) is 29.2 Å². The van der Waals surface area contributed by atoms with Crippen molar-refractivity contribution in [2.24, 2.45) is 0 Å². The van der Waals surface area contributed by atoms with Gasteiger partial charge in [0.1, 0.15) is 0 Å². The number of nitrogens with zero attached hydrogens (tertiary/aromatic N) is 3. The number of anilines is 1. The Bertz CT molecular complexity index is 225. The van der Waals surface area contributed by atoms with Crippen LogP contribution in [0.4, 0.5) is 5.82 Å². The van der Waals surface area contributed by atoms with E-state index in [1.54, 1.807) is 6.20 Å². The van der Waals surface area contributed by atoms with E-state index in [1.165, 1.54) is 0 Å². The third-order valence-electron chi connectivity index (χ3n) is 1.47. The molecule has 0 N–H and O–H groups in total. The van der Waals surface area contributed by atoms with Crippen molar-refractivity contribution in [1.29, 1.82) is 0 Å². The minimum absolute atomic E-state index is 0.122. The number of halogens is 1. The SMILES string of the molecule is CC(Cl)CN(C)c1cccnn1. The Morgan fingerprint density at radius 2 is 2.42 bits per heavy atom. The van der Waals surface area contributed by atoms with E-state index in [1.807, 2.05) is 31.0 Å². The fourth-order valence-corrected chi connectivity index (χ4v) is 1.17. The van der Waals surface area contributed by atoms with Crippen molar-refractivity contribution in [2.75, 3.05) is 18.5 Å². The van der Waals surface area contributed by atoms with Crippen molar-refractivity contribution in [3.05, 3.63) is 18.3 Å². The highest BCUT2D eigenvalue weighted by molar-refractivity contribution is 6.20. The van der Waals surface area contributed by atoms with Crippen LogP contribution in [0.15, 0.2) is 18.3 Å². The number of hydrogen-bond donors (Lipinski definition) is 0. The molecule has 1 heterocycles. The molecule has 0 saturated heterocycles. The zero-order chi connectivity index (χ0) is 8.97. The van der Waals surface area contributed by atoms with Crippen LogP contribution in [0, 0.1) is 0 Å². The van der Waals surface area contributed by atoms with Gasteiger partial charge in [0.25, 0.3) is 0 Å². The average Bonchev–Trinajstić information content (AvgIpc) is 2.05. The summed E-state index contributed by atoms with van der Waals surface area (Å²) in [6.07, 6.45) is 1.65. The molecule has 0 aliphatic heterocycles. The molecular weight excluding hydrogens is 174 g/mol. The molecule has 1 unspecified atom stereocenters. The first-order valence-corrected chi connectivity index (χ1v) is 4.26. The van der Waals surface area contributed by atoms with E-state index in [0.717, 1.165) is 12.4 Å². The van der Waals surface area contributed by atoms with Crippen LogP contribution in [0.2, 0.25) is 0 Å². The van der Waals surface area contributed by atoms with Gasteiger partial charge in [0.05, 0.1) is 0 Å². The van der Waals surface area contributed by atoms with Gasteiger partial charge in [-0.1, -0.05) is 0 Å². The van der Waals surface area contributed by atoms with Crippen LogP contribution in [0.25, 0.3) is 0 Å². The Balaban J connectivity index is 2.59. The molecule has 0 aliphatic carbocycles. The first-order chi connectivity index (χ1) is 5.70. The van der Waals surface area contributed by atoms with E-state index in [0.29, 0.717) is 0 Å². The Hall–Kier alpha value is -0.830. The summed E-state index contributed by atoms with van der Waals surface area (Å²) in [5.41, 5.74) is 0. The minimum Gasteiger partial charge on any atom is -0.357 e. The summed E-state index contributed by atoms with van der Waals surface area (Å²) in [6.45, 7) is 2.73. The maximum atomic E-state index is 5.83. The topological polar surface area (TPSA) is 29.0 Å². The van der Waals surface area contributed by atoms with Gasteiger partial charge < -0.3 is 4.90 Å². The molecule has 0 aliphatic rings. The van der Waals surface area contributed by atoms with Crippen LogP contribution < -0.4 is 4.90 Å². The van der Waals surface area contributed by atoms with Crippen LogP contribution in [-0.2, 0) is 0 Å². The molecule has 0 spiro atoms. The van der Waals surface area contributed by atoms with Crippen LogP contribution in [0.5, 0.6) is 0 Å². The summed E-state index contributed by atoms with van der Waals surface area (Å²) in [5, 5.41) is 7.85. The minimum atomic E-state index is 0.122. The maximum Gasteiger partial charge on any atom is 0.151 e. The first-order valence-electron chi connectivity index (χ1n) is 3.83. The first kappa shape index (κ1) is 9.26. The van der Waals surface area contributed by atoms with Crippen molar-refractivity contribution >= 4 is 17.4 Å². The smallest absolute Gasteiger partial charge is 0.151 e. The zero-order valence-corrected chi connectivity index (χ0v) is 7.99. The van der Waals surface area contributed by atoms with Gasteiger partial charge in [-0.3, -0.25) is 0 Å². The van der Waals surface area contributed by atoms with Gasteiger partial charge in [0.15, 0.2) is 5.82 Å². The van der Waals surface area contributed by atoms with Crippen molar-refractivity contribution in [2.45, 2.75) is 12.3 Å². The monoisotopic (exact) mass is 185 g/mol. The second-order valence-electron chi connectivity index (χ2n) is 2.74. The predicted octanol–water partition coefficient (Wildman–Crippen LogP) is 1.54. The number of aromatic nitrogens is 2. The van der Waals surface area contributed by atoms with E-state index >= 15 is 0 Å². The number of alkyl halides is 1. The molecule has 12 heavy (non-hydrogen) atoms. The molecule has 0 aromatic carbocycles. The number of rotatable bonds is 3. The Morgan fingerprint density at radius 3 is 2.92 bits per heavy atom. The van der Waals surface area contributed by atoms with Crippen LogP contribution >= 0.6 is 11.6 Å². The van der Waals surface area contributed by atoms with E-state index in [9.17, 15) is 0 Å². The summed E-state index contributed by atoms with van der Waals surface area (Å²) in [6, 6.07) is 3.77. The quantitative estimate of drug-likeness (QED) is 0.669. The van der Waals surface area contributed by atoms with Gasteiger partial charge >= 0.3 is 0 Å². The summed E-state index contributed by atoms with van der Waals surface area (Å²) >= 11 is 5.83. The van der Waals surface area contributed by atoms with E-state index in [2.05, 4.69) is 10.2 Å². The highest BCUT2D eigenvalue weighted by Gasteiger charge is 2.04. The fourth-order valence-electron chi connectivity index (χ4n) is 0.968. The molecule has 0 bridgehead atoms. The van der Waals surface area contributed by atoms with Gasteiger partial charge in [-0.05, 0) is 19.1 Å². The highest BCUT2D eigenvalue weighted by atomic mass is 35.5. The van der Waals surface area contributed by atoms with E-state index in [4.69, 9.17) is 11.6 Å². The van der Waals surface area contributed by atoms with Gasteiger partial charge in [-0.2, -0.15) is 5.10 Å². The van der Waals surface area contributed by atoms with Gasteiger partial charge in [0, 0.05) is 25.2 Å². The fraction of sp³-hybridized carbons (Fsp3) is 0.500. The van der Waals surface area contributed by atoms with E-state index in [-0.39, 0.29) is 5.38 Å². The molecular formula is C8H12ClN3. The molecule has 0 amide bonds. The van der Waals surface area contributed by atoms with Crippen molar-refractivity contribution in [3.8, 4) is 0 Å². The standard InChI is InChI=1S/C8H12ClN3/c1-7(9)6-12(2)8-4-3-5-10-11-8/h3-5,7H,6H2,1-2H3. The van der Waals surface area contributed by atoms with Crippen molar-refractivity contribution in [3.63, 3.8) is 0 Å². The summed E-state index contributed by atoms with van der Waals surface area (Å²) in [4.78, 5) is 1.98. The maximum absolute atomic E-state index is 5.83. The van der Waals surface area contributed by atoms with Crippen molar-refractivity contribution < 1.29 is 0 Å². The zero-order valence-electron chi connectivity index (χ0n) is 7.24. The molecule has 0 fully saturated rings. The molecule has 0 radical (unpaired) electrons. The molecule has 1 aromatic heterocycles. The van der Waals surface area contributed by atoms with Gasteiger partial charge in [0.2, 0.25) is 0 Å². The largest absolute Gasteiger partial charge is 0.357 e. The third kappa shape index (κ3) is 2.66.